The third-order valence-corrected chi connectivity index (χ3v) is 5.49. The van der Waals surface area contributed by atoms with Crippen molar-refractivity contribution in [2.75, 3.05) is 39.1 Å². The lowest BCUT2D eigenvalue weighted by molar-refractivity contribution is -0.134. The molecule has 1 unspecified atom stereocenters. The minimum atomic E-state index is -0.723. The molecule has 34 heavy (non-hydrogen) atoms. The molecule has 11 nitrogen and oxygen atoms in total. The highest BCUT2D eigenvalue weighted by Gasteiger charge is 2.36. The maximum atomic E-state index is 15.0. The fourth-order valence-corrected chi connectivity index (χ4v) is 3.38. The summed E-state index contributed by atoms with van der Waals surface area (Å²) >= 11 is 0. The molecule has 1 fully saturated rings. The molecule has 0 aliphatic carbocycles. The number of likely N-dealkylation sites (N-methyl/N-ethyl adjacent to an activating group) is 2. The van der Waals surface area contributed by atoms with Gasteiger partial charge in [0.1, 0.15) is 11.5 Å². The largest absolute Gasteiger partial charge is 0.423 e. The number of carbonyl (C=O) groups excluding carboxylic acids is 2. The number of halogens is 1. The molecule has 0 spiro atoms. The van der Waals surface area contributed by atoms with Crippen molar-refractivity contribution in [1.82, 2.24) is 35.0 Å². The molecule has 0 saturated carbocycles. The summed E-state index contributed by atoms with van der Waals surface area (Å²) in [5, 5.41) is 12.4. The second kappa shape index (κ2) is 9.51. The molecule has 3 aromatic rings. The average Bonchev–Trinajstić information content (AvgIpc) is 3.44. The lowest BCUT2D eigenvalue weighted by Gasteiger charge is -2.20. The van der Waals surface area contributed by atoms with Gasteiger partial charge in [0.2, 0.25) is 11.7 Å². The number of carbonyl (C=O) groups is 2. The lowest BCUT2D eigenvalue weighted by atomic mass is 10.1. The highest BCUT2D eigenvalue weighted by molar-refractivity contribution is 5.90. The number of nitrogens with zero attached hydrogens (tertiary/aromatic N) is 8. The number of hydrogen-bond acceptors (Lipinski definition) is 8. The first-order chi connectivity index (χ1) is 16.2. The summed E-state index contributed by atoms with van der Waals surface area (Å²) in [6.07, 6.45) is 0.178. The maximum absolute atomic E-state index is 15.0. The second-order valence-corrected chi connectivity index (χ2v) is 8.19. The molecule has 2 amide bonds. The van der Waals surface area contributed by atoms with Gasteiger partial charge >= 0.3 is 6.09 Å². The highest BCUT2D eigenvalue weighted by Crippen LogP contribution is 2.29. The number of rotatable bonds is 7. The summed E-state index contributed by atoms with van der Waals surface area (Å²) in [5.41, 5.74) is 1.76. The molecule has 0 N–H and O–H groups in total. The van der Waals surface area contributed by atoms with E-state index in [2.05, 4.69) is 20.4 Å². The van der Waals surface area contributed by atoms with Crippen molar-refractivity contribution >= 4 is 17.7 Å². The van der Waals surface area contributed by atoms with Crippen molar-refractivity contribution in [3.8, 4) is 22.6 Å². The van der Waals surface area contributed by atoms with Crippen LogP contribution in [0.15, 0.2) is 36.5 Å². The van der Waals surface area contributed by atoms with Gasteiger partial charge in [0.15, 0.2) is 6.23 Å². The summed E-state index contributed by atoms with van der Waals surface area (Å²) in [6.45, 7) is 2.88. The molecule has 178 valence electrons. The van der Waals surface area contributed by atoms with E-state index in [4.69, 9.17) is 4.74 Å². The van der Waals surface area contributed by atoms with Gasteiger partial charge in [-0.3, -0.25) is 14.7 Å². The van der Waals surface area contributed by atoms with Crippen molar-refractivity contribution in [3.05, 3.63) is 42.3 Å². The second-order valence-electron chi connectivity index (χ2n) is 8.19. The summed E-state index contributed by atoms with van der Waals surface area (Å²) in [7, 11) is 5.47. The van der Waals surface area contributed by atoms with Gasteiger partial charge in [0.25, 0.3) is 0 Å². The number of aromatic nitrogens is 5. The van der Waals surface area contributed by atoms with Crippen LogP contribution in [0.5, 0.6) is 0 Å². The van der Waals surface area contributed by atoms with Crippen LogP contribution in [0.3, 0.4) is 0 Å². The number of hydrogen-bond donors (Lipinski definition) is 0. The van der Waals surface area contributed by atoms with Crippen molar-refractivity contribution < 1.29 is 18.7 Å². The van der Waals surface area contributed by atoms with Gasteiger partial charge in [-0.2, -0.15) is 4.80 Å². The number of pyridine rings is 1. The Labute approximate surface area is 195 Å². The first-order valence-electron chi connectivity index (χ1n) is 10.6. The zero-order chi connectivity index (χ0) is 24.4. The molecule has 1 aliphatic heterocycles. The molecule has 1 aliphatic rings. The molecule has 0 radical (unpaired) electrons. The van der Waals surface area contributed by atoms with E-state index >= 15 is 0 Å². The van der Waals surface area contributed by atoms with Gasteiger partial charge in [-0.1, -0.05) is 6.07 Å². The van der Waals surface area contributed by atoms with Crippen LogP contribution in [-0.2, 0) is 16.1 Å². The van der Waals surface area contributed by atoms with E-state index in [1.807, 2.05) is 19.0 Å². The SMILES string of the molecule is CC(=O)N(C)C1CN(c2ccc(-c3ccc(-c4nnn(CCN(C)C)n4)nc3)c(F)c2)C(=O)O1. The molecule has 1 atom stereocenters. The number of ether oxygens (including phenoxy) is 1. The van der Waals surface area contributed by atoms with Gasteiger partial charge in [-0.05, 0) is 43.6 Å². The monoisotopic (exact) mass is 468 g/mol. The molecule has 1 saturated heterocycles. The highest BCUT2D eigenvalue weighted by atomic mass is 19.1. The smallest absolute Gasteiger partial charge is 0.416 e. The van der Waals surface area contributed by atoms with Gasteiger partial charge in [0, 0.05) is 37.8 Å². The van der Waals surface area contributed by atoms with E-state index in [9.17, 15) is 14.0 Å². The number of benzene rings is 1. The minimum absolute atomic E-state index is 0.117. The minimum Gasteiger partial charge on any atom is -0.423 e. The zero-order valence-electron chi connectivity index (χ0n) is 19.3. The number of anilines is 1. The first-order valence-corrected chi connectivity index (χ1v) is 10.6. The Hall–Kier alpha value is -3.93. The van der Waals surface area contributed by atoms with Crippen LogP contribution in [0.25, 0.3) is 22.6 Å². The predicted molar refractivity (Wildman–Crippen MR) is 121 cm³/mol. The maximum Gasteiger partial charge on any atom is 0.416 e. The molecule has 2 aromatic heterocycles. The quantitative estimate of drug-likeness (QED) is 0.517. The summed E-state index contributed by atoms with van der Waals surface area (Å²) < 4.78 is 20.2. The van der Waals surface area contributed by atoms with Crippen LogP contribution in [0.2, 0.25) is 0 Å². The fraction of sp³-hybridized carbons (Fsp3) is 0.364. The Kier molecular flexibility index (Phi) is 6.50. The van der Waals surface area contributed by atoms with Crippen LogP contribution < -0.4 is 4.90 Å². The van der Waals surface area contributed by atoms with E-state index in [0.29, 0.717) is 34.9 Å². The van der Waals surface area contributed by atoms with Crippen LogP contribution in [-0.4, -0.2) is 87.5 Å². The van der Waals surface area contributed by atoms with E-state index < -0.39 is 18.1 Å². The Morgan fingerprint density at radius 2 is 2.03 bits per heavy atom. The Balaban J connectivity index is 1.48. The van der Waals surface area contributed by atoms with Gasteiger partial charge in [-0.15, -0.1) is 10.2 Å². The van der Waals surface area contributed by atoms with E-state index in [-0.39, 0.29) is 12.5 Å². The Bertz CT molecular complexity index is 1200. The molecule has 1 aromatic carbocycles. The topological polar surface area (TPSA) is 110 Å². The number of tetrazole rings is 1. The van der Waals surface area contributed by atoms with E-state index in [1.54, 1.807) is 31.3 Å². The standard InChI is InChI=1S/C22H25FN8O3/c1-14(32)29(4)20-13-30(22(33)34-20)16-6-7-17(18(23)11-16)15-5-8-19(24-12-15)21-25-27-31(26-21)10-9-28(2)3/h5-8,11-12,20H,9-10,13H2,1-4H3. The van der Waals surface area contributed by atoms with Crippen LogP contribution >= 0.6 is 0 Å². The Morgan fingerprint density at radius 3 is 2.68 bits per heavy atom. The predicted octanol–water partition coefficient (Wildman–Crippen LogP) is 1.86. The summed E-state index contributed by atoms with van der Waals surface area (Å²) in [6, 6.07) is 7.89. The lowest BCUT2D eigenvalue weighted by Crippen LogP contribution is -2.38. The zero-order valence-corrected chi connectivity index (χ0v) is 19.3. The van der Waals surface area contributed by atoms with Crippen molar-refractivity contribution in [2.45, 2.75) is 19.7 Å². The van der Waals surface area contributed by atoms with Gasteiger partial charge in [-0.25, -0.2) is 9.18 Å². The van der Waals surface area contributed by atoms with Crippen molar-refractivity contribution in [3.63, 3.8) is 0 Å². The van der Waals surface area contributed by atoms with E-state index in [1.165, 1.54) is 33.8 Å². The van der Waals surface area contributed by atoms with E-state index in [0.717, 1.165) is 6.54 Å². The number of cyclic esters (lactones) is 1. The van der Waals surface area contributed by atoms with Gasteiger partial charge in [0.05, 0.1) is 18.8 Å². The third-order valence-electron chi connectivity index (χ3n) is 5.49. The summed E-state index contributed by atoms with van der Waals surface area (Å²) in [4.78, 5) is 34.3. The first kappa shape index (κ1) is 23.2. The molecular weight excluding hydrogens is 443 g/mol. The summed E-state index contributed by atoms with van der Waals surface area (Å²) in [5.74, 6) is -0.363. The molecule has 3 heterocycles. The normalized spacial score (nSPS) is 15.6. The fourth-order valence-electron chi connectivity index (χ4n) is 3.38. The number of amides is 2. The molecule has 4 rings (SSSR count). The molecule has 12 heteroatoms. The van der Waals surface area contributed by atoms with Gasteiger partial charge < -0.3 is 14.5 Å². The van der Waals surface area contributed by atoms with Crippen molar-refractivity contribution in [1.29, 1.82) is 0 Å². The third kappa shape index (κ3) is 4.86. The Morgan fingerprint density at radius 1 is 1.24 bits per heavy atom. The molecular formula is C22H25FN8O3. The van der Waals surface area contributed by atoms with Crippen LogP contribution in [0.4, 0.5) is 14.9 Å². The van der Waals surface area contributed by atoms with Crippen molar-refractivity contribution in [2.24, 2.45) is 0 Å². The van der Waals surface area contributed by atoms with Crippen LogP contribution in [0.1, 0.15) is 6.92 Å². The van der Waals surface area contributed by atoms with Crippen LogP contribution in [0, 0.1) is 5.82 Å². The average molecular weight is 468 g/mol. The molecule has 0 bridgehead atoms.